The van der Waals surface area contributed by atoms with E-state index in [1.54, 1.807) is 15.4 Å². The second kappa shape index (κ2) is 30.3. The van der Waals surface area contributed by atoms with Gasteiger partial charge in [-0.3, -0.25) is 30.4 Å². The first-order valence-electron chi connectivity index (χ1n) is 32.4. The third kappa shape index (κ3) is 14.2. The number of hydrogen-bond donors (Lipinski definition) is 6. The zero-order valence-corrected chi connectivity index (χ0v) is 55.5. The molecule has 100 heavy (non-hydrogen) atoms. The van der Waals surface area contributed by atoms with Gasteiger partial charge in [-0.2, -0.15) is 39.1 Å². The number of aliphatic carboxylic acids is 2. The first kappa shape index (κ1) is 67.4. The van der Waals surface area contributed by atoms with E-state index in [9.17, 15) is 32.8 Å². The minimum absolute atomic E-state index is 0.210. The van der Waals surface area contributed by atoms with Crippen LogP contribution >= 0.6 is 0 Å². The minimum Gasteiger partial charge on any atom is -0.481 e. The Balaban J connectivity index is 0.000000127. The van der Waals surface area contributed by atoms with Crippen LogP contribution in [0.1, 0.15) is 83.4 Å². The lowest BCUT2D eigenvalue weighted by molar-refractivity contribution is -0.161. The van der Waals surface area contributed by atoms with Crippen LogP contribution in [0.25, 0.3) is 33.3 Å². The number of unbranched alkanes of at least 4 members (excludes halogenated alkanes) is 3. The van der Waals surface area contributed by atoms with Crippen molar-refractivity contribution in [1.82, 2.24) is 31.2 Å². The van der Waals surface area contributed by atoms with Crippen molar-refractivity contribution in [2.45, 2.75) is 70.5 Å². The van der Waals surface area contributed by atoms with Crippen molar-refractivity contribution in [3.05, 3.63) is 272 Å². The van der Waals surface area contributed by atoms with Gasteiger partial charge < -0.3 is 23.5 Å². The third-order valence-electron chi connectivity index (χ3n) is 16.8. The van der Waals surface area contributed by atoms with Crippen LogP contribution in [0.5, 0.6) is 0 Å². The van der Waals surface area contributed by atoms with Gasteiger partial charge in [0.2, 0.25) is 22.3 Å². The highest BCUT2D eigenvalue weighted by Gasteiger charge is 2.67. The number of hydrazine groups is 6. The van der Waals surface area contributed by atoms with Gasteiger partial charge in [-0.25, -0.2) is 15.0 Å². The molecule has 3 aliphatic rings. The third-order valence-corrected chi connectivity index (χ3v) is 18.4. The van der Waals surface area contributed by atoms with Crippen LogP contribution in [-0.4, -0.2) is 72.3 Å². The highest BCUT2D eigenvalue weighted by Crippen LogP contribution is 2.48. The molecule has 1 unspecified atom stereocenters. The summed E-state index contributed by atoms with van der Waals surface area (Å²) in [6, 6.07) is 82.7. The fourth-order valence-electron chi connectivity index (χ4n) is 11.7. The van der Waals surface area contributed by atoms with Gasteiger partial charge >= 0.3 is 11.9 Å². The summed E-state index contributed by atoms with van der Waals surface area (Å²) in [6.07, 6.45) is 1.59. The van der Waals surface area contributed by atoms with Crippen molar-refractivity contribution in [2.24, 2.45) is 20.7 Å². The van der Waals surface area contributed by atoms with Crippen molar-refractivity contribution in [2.75, 3.05) is 30.7 Å². The van der Waals surface area contributed by atoms with Crippen LogP contribution in [0.2, 0.25) is 0 Å². The topological polar surface area (TPSA) is 300 Å². The Morgan fingerprint density at radius 1 is 0.390 bits per heavy atom. The molecule has 0 bridgehead atoms. The van der Waals surface area contributed by atoms with E-state index in [1.807, 2.05) is 277 Å². The second-order valence-corrected chi connectivity index (χ2v) is 24.6. The standard InChI is InChI=1S/3C20H15N5O.C14H26O7S/c3*1-3-9-15(10-4-1)24-22-19(23-25(24)16-11-5-2-6-12-16)20-21-17-13-7-8-14-18(17)26-20;1-4-7-8-9-10-14(12(17)18,22(19,20)21)13(5-2,6-3)11(15)16/h3*1-14H,(H,22,23);4-10H2,1-3H3,(H,15,16)(H,17,18)(H,19,20,21). The van der Waals surface area contributed by atoms with Gasteiger partial charge in [0.1, 0.15) is 16.6 Å². The van der Waals surface area contributed by atoms with Crippen LogP contribution in [-0.2, 0) is 19.7 Å². The summed E-state index contributed by atoms with van der Waals surface area (Å²) in [4.78, 5) is 37.1. The second-order valence-electron chi connectivity index (χ2n) is 23.0. The zero-order valence-electron chi connectivity index (χ0n) is 54.7. The molecule has 0 saturated carbocycles. The molecule has 9 aromatic carbocycles. The predicted molar refractivity (Wildman–Crippen MR) is 386 cm³/mol. The molecule has 6 N–H and O–H groups in total. The van der Waals surface area contributed by atoms with Crippen molar-refractivity contribution < 1.29 is 46.0 Å². The van der Waals surface area contributed by atoms with E-state index >= 15 is 0 Å². The summed E-state index contributed by atoms with van der Waals surface area (Å²) in [6.45, 7) is 4.78. The number of amidine groups is 3. The number of carbonyl (C=O) groups is 2. The molecule has 0 radical (unpaired) electrons. The Bertz CT molecular complexity index is 4430. The van der Waals surface area contributed by atoms with Crippen molar-refractivity contribution in [3.8, 4) is 0 Å². The maximum atomic E-state index is 11.9. The summed E-state index contributed by atoms with van der Waals surface area (Å²) in [7, 11) is -5.12. The molecule has 12 aromatic rings. The summed E-state index contributed by atoms with van der Waals surface area (Å²) in [5.41, 5.74) is 18.0. The Morgan fingerprint density at radius 3 is 0.920 bits per heavy atom. The number of rotatable bonds is 20. The summed E-state index contributed by atoms with van der Waals surface area (Å²) >= 11 is 0. The Hall–Kier alpha value is -12.6. The first-order chi connectivity index (χ1) is 48.7. The molecule has 0 fully saturated rings. The Kier molecular flexibility index (Phi) is 20.4. The lowest BCUT2D eigenvalue weighted by Crippen LogP contribution is -2.62. The SMILES string of the molecule is CCCCCCC(C(=O)O)(C(CC)(CC)C(=O)O)S(=O)(=O)O.c1ccc(N2N=C(c3nc4ccccc4o3)NN2c2ccccc2)cc1.c1ccc(N2N=C(c3nc4ccccc4o3)NN2c2ccccc2)cc1.c1ccc(N2N=C(c3nc4ccccc4o3)NN2c2ccccc2)cc1. The van der Waals surface area contributed by atoms with Gasteiger partial charge in [-0.1, -0.05) is 192 Å². The number of hydrazone groups is 3. The number of aromatic nitrogens is 3. The Labute approximate surface area is 575 Å². The van der Waals surface area contributed by atoms with Gasteiger partial charge in [0, 0.05) is 0 Å². The zero-order chi connectivity index (χ0) is 69.6. The fraction of sp³-hybridized carbons (Fsp3) is 0.162. The van der Waals surface area contributed by atoms with Crippen LogP contribution in [0, 0.1) is 5.41 Å². The molecule has 0 spiro atoms. The molecule has 3 aliphatic heterocycles. The molecule has 0 aliphatic carbocycles. The largest absolute Gasteiger partial charge is 0.481 e. The molecule has 1 atom stereocenters. The van der Waals surface area contributed by atoms with Crippen molar-refractivity contribution >= 4 is 107 Å². The number of benzene rings is 9. The highest BCUT2D eigenvalue weighted by atomic mass is 32.2. The number of hydrogen-bond acceptors (Lipinski definition) is 22. The number of carboxylic acid groups (broad SMARTS) is 2. The molecule has 508 valence electrons. The number of nitrogens with zero attached hydrogens (tertiary/aromatic N) is 12. The number of carboxylic acids is 2. The van der Waals surface area contributed by atoms with Gasteiger partial charge in [-0.05, 0) is 128 Å². The number of nitrogens with one attached hydrogen (secondary N) is 3. The van der Waals surface area contributed by atoms with Crippen molar-refractivity contribution in [3.63, 3.8) is 0 Å². The lowest BCUT2D eigenvalue weighted by Gasteiger charge is -2.41. The fourth-order valence-corrected chi connectivity index (χ4v) is 13.2. The molecule has 15 rings (SSSR count). The first-order valence-corrected chi connectivity index (χ1v) is 33.8. The van der Waals surface area contributed by atoms with E-state index in [-0.39, 0.29) is 19.3 Å². The predicted octanol–water partition coefficient (Wildman–Crippen LogP) is 14.4. The molecule has 25 nitrogen and oxygen atoms in total. The summed E-state index contributed by atoms with van der Waals surface area (Å²) in [5.74, 6) is -0.330. The number of anilines is 6. The van der Waals surface area contributed by atoms with Crippen LogP contribution in [0.4, 0.5) is 34.1 Å². The maximum Gasteiger partial charge on any atom is 0.328 e. The van der Waals surface area contributed by atoms with E-state index in [1.165, 1.54) is 13.8 Å². The normalized spacial score (nSPS) is 14.1. The van der Waals surface area contributed by atoms with E-state index < -0.39 is 38.6 Å². The average molecular weight is 1360 g/mol. The van der Waals surface area contributed by atoms with Crippen LogP contribution < -0.4 is 47.0 Å². The van der Waals surface area contributed by atoms with E-state index in [0.717, 1.165) is 80.3 Å². The van der Waals surface area contributed by atoms with Crippen molar-refractivity contribution in [1.29, 1.82) is 0 Å². The van der Waals surface area contributed by atoms with Gasteiger partial charge in [0.25, 0.3) is 27.8 Å². The molecular weight excluding hydrogens is 1290 g/mol. The Morgan fingerprint density at radius 2 is 0.670 bits per heavy atom. The van der Waals surface area contributed by atoms with Gasteiger partial charge in [0.15, 0.2) is 16.7 Å². The van der Waals surface area contributed by atoms with E-state index in [0.29, 0.717) is 41.6 Å². The highest BCUT2D eigenvalue weighted by molar-refractivity contribution is 7.88. The summed E-state index contributed by atoms with van der Waals surface area (Å²) in [5, 5.41) is 44.1. The number of fused-ring (bicyclic) bond motifs is 3. The van der Waals surface area contributed by atoms with Gasteiger partial charge in [-0.15, -0.1) is 15.3 Å². The molecular formula is C74H71N15O10S. The maximum absolute atomic E-state index is 11.9. The van der Waals surface area contributed by atoms with E-state index in [2.05, 4.69) is 31.2 Å². The number of para-hydroxylation sites is 12. The molecule has 3 aromatic heterocycles. The van der Waals surface area contributed by atoms with Crippen LogP contribution in [0.15, 0.2) is 283 Å². The number of oxazole rings is 3. The quantitative estimate of drug-likeness (QED) is 0.0305. The monoisotopic (exact) mass is 1360 g/mol. The molecule has 6 heterocycles. The lowest BCUT2D eigenvalue weighted by atomic mass is 9.68. The molecule has 0 saturated heterocycles. The van der Waals surface area contributed by atoms with Crippen LogP contribution in [0.3, 0.4) is 0 Å². The molecule has 0 amide bonds. The smallest absolute Gasteiger partial charge is 0.328 e. The van der Waals surface area contributed by atoms with E-state index in [4.69, 9.17) is 28.6 Å². The average Bonchev–Trinajstić information content (AvgIpc) is 1.18. The van der Waals surface area contributed by atoms with Gasteiger partial charge in [0.05, 0.1) is 39.5 Å². The minimum atomic E-state index is -5.12. The summed E-state index contributed by atoms with van der Waals surface area (Å²) < 4.78 is 48.4. The molecule has 26 heteroatoms.